The van der Waals surface area contributed by atoms with Gasteiger partial charge >= 0.3 is 0 Å². The Kier molecular flexibility index (Phi) is 4.72. The van der Waals surface area contributed by atoms with E-state index < -0.39 is 4.92 Å². The molecule has 2 rings (SSSR count). The summed E-state index contributed by atoms with van der Waals surface area (Å²) in [4.78, 5) is 22.5. The Morgan fingerprint density at radius 1 is 1.50 bits per heavy atom. The summed E-state index contributed by atoms with van der Waals surface area (Å²) in [7, 11) is 1.66. The van der Waals surface area contributed by atoms with Gasteiger partial charge in [0.05, 0.1) is 16.6 Å². The number of nitrogens with zero attached hydrogens (tertiary/aromatic N) is 1. The minimum absolute atomic E-state index is 0.0543. The number of amides is 1. The van der Waals surface area contributed by atoms with E-state index in [9.17, 15) is 14.9 Å². The first kappa shape index (κ1) is 14.9. The standard InChI is InChI=1S/C13H15BrN2O4/c1-20-9-6-5-8(7-9)15-13(17)10-3-2-4-11(12(10)14)16(18)19/h2-4,8-9H,5-7H2,1H3,(H,15,17)/t8-,9+/m0/s1. The molecule has 1 N–H and O–H groups in total. The Hall–Kier alpha value is -1.47. The SMILES string of the molecule is CO[C@@H]1CC[C@H](NC(=O)c2cccc([N+](=O)[O-])c2Br)C1. The van der Waals surface area contributed by atoms with Gasteiger partial charge in [-0.15, -0.1) is 0 Å². The van der Waals surface area contributed by atoms with E-state index >= 15 is 0 Å². The highest BCUT2D eigenvalue weighted by molar-refractivity contribution is 9.10. The fraction of sp³-hybridized carbons (Fsp3) is 0.462. The minimum Gasteiger partial charge on any atom is -0.381 e. The molecule has 0 unspecified atom stereocenters. The first-order chi connectivity index (χ1) is 9.52. The summed E-state index contributed by atoms with van der Waals surface area (Å²) in [5, 5.41) is 13.7. The van der Waals surface area contributed by atoms with Crippen molar-refractivity contribution in [3.63, 3.8) is 0 Å². The van der Waals surface area contributed by atoms with E-state index in [1.54, 1.807) is 13.2 Å². The van der Waals surface area contributed by atoms with Crippen LogP contribution in [0.4, 0.5) is 5.69 Å². The van der Waals surface area contributed by atoms with Gasteiger partial charge < -0.3 is 10.1 Å². The number of ether oxygens (including phenoxy) is 1. The molecule has 1 aliphatic rings. The maximum absolute atomic E-state index is 12.2. The van der Waals surface area contributed by atoms with E-state index in [4.69, 9.17) is 4.74 Å². The van der Waals surface area contributed by atoms with Crippen molar-refractivity contribution in [2.24, 2.45) is 0 Å². The molecule has 20 heavy (non-hydrogen) atoms. The molecule has 0 aromatic heterocycles. The molecule has 1 amide bonds. The lowest BCUT2D eigenvalue weighted by Gasteiger charge is -2.13. The second-order valence-corrected chi connectivity index (χ2v) is 5.53. The van der Waals surface area contributed by atoms with Crippen LogP contribution in [0.3, 0.4) is 0 Å². The molecule has 0 saturated heterocycles. The number of hydrogen-bond donors (Lipinski definition) is 1. The quantitative estimate of drug-likeness (QED) is 0.673. The highest BCUT2D eigenvalue weighted by Crippen LogP contribution is 2.29. The molecule has 108 valence electrons. The van der Waals surface area contributed by atoms with Crippen molar-refractivity contribution < 1.29 is 14.5 Å². The molecule has 7 heteroatoms. The van der Waals surface area contributed by atoms with Gasteiger partial charge in [0.2, 0.25) is 0 Å². The van der Waals surface area contributed by atoms with Crippen molar-refractivity contribution in [3.8, 4) is 0 Å². The van der Waals surface area contributed by atoms with Crippen LogP contribution >= 0.6 is 15.9 Å². The number of nitrogens with one attached hydrogen (secondary N) is 1. The lowest BCUT2D eigenvalue weighted by atomic mass is 10.1. The van der Waals surface area contributed by atoms with E-state index in [2.05, 4.69) is 21.2 Å². The van der Waals surface area contributed by atoms with E-state index in [1.807, 2.05) is 0 Å². The number of benzene rings is 1. The third-order valence-corrected chi connectivity index (χ3v) is 4.31. The number of nitro benzene ring substituents is 1. The van der Waals surface area contributed by atoms with Crippen molar-refractivity contribution in [2.45, 2.75) is 31.4 Å². The summed E-state index contributed by atoms with van der Waals surface area (Å²) in [5.41, 5.74) is 0.166. The van der Waals surface area contributed by atoms with Crippen LogP contribution in [0.1, 0.15) is 29.6 Å². The number of carbonyl (C=O) groups excluding carboxylic acids is 1. The zero-order valence-corrected chi connectivity index (χ0v) is 12.6. The number of halogens is 1. The Morgan fingerprint density at radius 2 is 2.25 bits per heavy atom. The van der Waals surface area contributed by atoms with Crippen LogP contribution in [0.25, 0.3) is 0 Å². The average molecular weight is 343 g/mol. The fourth-order valence-corrected chi connectivity index (χ4v) is 2.97. The van der Waals surface area contributed by atoms with Crippen molar-refractivity contribution in [3.05, 3.63) is 38.3 Å². The maximum atomic E-state index is 12.2. The molecule has 0 spiro atoms. The normalized spacial score (nSPS) is 21.7. The van der Waals surface area contributed by atoms with E-state index in [0.29, 0.717) is 0 Å². The number of nitro groups is 1. The molecule has 1 saturated carbocycles. The van der Waals surface area contributed by atoms with Gasteiger partial charge in [-0.05, 0) is 41.3 Å². The molecule has 0 aliphatic heterocycles. The monoisotopic (exact) mass is 342 g/mol. The van der Waals surface area contributed by atoms with Gasteiger partial charge in [-0.25, -0.2) is 0 Å². The van der Waals surface area contributed by atoms with Crippen molar-refractivity contribution >= 4 is 27.5 Å². The molecule has 1 aliphatic carbocycles. The zero-order chi connectivity index (χ0) is 14.7. The molecule has 1 aromatic rings. The third-order valence-electron chi connectivity index (χ3n) is 3.47. The second kappa shape index (κ2) is 6.32. The van der Waals surface area contributed by atoms with Crippen LogP contribution in [0, 0.1) is 10.1 Å². The first-order valence-electron chi connectivity index (χ1n) is 6.29. The highest BCUT2D eigenvalue weighted by Gasteiger charge is 2.27. The predicted octanol–water partition coefficient (Wildman–Crippen LogP) is 2.65. The molecule has 1 aromatic carbocycles. The Balaban J connectivity index is 2.10. The van der Waals surface area contributed by atoms with Crippen LogP contribution in [0.5, 0.6) is 0 Å². The summed E-state index contributed by atoms with van der Waals surface area (Å²) in [6.07, 6.45) is 2.72. The molecule has 1 fully saturated rings. The molecule has 0 bridgehead atoms. The van der Waals surface area contributed by atoms with E-state index in [-0.39, 0.29) is 33.8 Å². The van der Waals surface area contributed by atoms with Crippen LogP contribution in [0.2, 0.25) is 0 Å². The van der Waals surface area contributed by atoms with Crippen molar-refractivity contribution in [2.75, 3.05) is 7.11 Å². The topological polar surface area (TPSA) is 81.5 Å². The molecule has 6 nitrogen and oxygen atoms in total. The molecular weight excluding hydrogens is 328 g/mol. The van der Waals surface area contributed by atoms with Gasteiger partial charge in [-0.1, -0.05) is 6.07 Å². The Bertz CT molecular complexity index is 535. The van der Waals surface area contributed by atoms with Crippen LogP contribution < -0.4 is 5.32 Å². The number of methoxy groups -OCH3 is 1. The van der Waals surface area contributed by atoms with Gasteiger partial charge in [0.25, 0.3) is 11.6 Å². The number of hydrogen-bond acceptors (Lipinski definition) is 4. The van der Waals surface area contributed by atoms with Crippen LogP contribution in [-0.4, -0.2) is 30.1 Å². The molecule has 0 heterocycles. The largest absolute Gasteiger partial charge is 0.381 e. The summed E-state index contributed by atoms with van der Waals surface area (Å²) >= 11 is 3.13. The van der Waals surface area contributed by atoms with E-state index in [0.717, 1.165) is 19.3 Å². The third kappa shape index (κ3) is 3.16. The van der Waals surface area contributed by atoms with Gasteiger partial charge in [-0.2, -0.15) is 0 Å². The smallest absolute Gasteiger partial charge is 0.284 e. The summed E-state index contributed by atoms with van der Waals surface area (Å²) in [6.45, 7) is 0. The minimum atomic E-state index is -0.516. The lowest BCUT2D eigenvalue weighted by Crippen LogP contribution is -2.33. The summed E-state index contributed by atoms with van der Waals surface area (Å²) in [5.74, 6) is -0.303. The van der Waals surface area contributed by atoms with E-state index in [1.165, 1.54) is 12.1 Å². The van der Waals surface area contributed by atoms with Crippen molar-refractivity contribution in [1.82, 2.24) is 5.32 Å². The molecule has 0 radical (unpaired) electrons. The van der Waals surface area contributed by atoms with Gasteiger partial charge in [-0.3, -0.25) is 14.9 Å². The predicted molar refractivity (Wildman–Crippen MR) is 76.7 cm³/mol. The molecule has 2 atom stereocenters. The lowest BCUT2D eigenvalue weighted by molar-refractivity contribution is -0.385. The van der Waals surface area contributed by atoms with Gasteiger partial charge in [0.15, 0.2) is 0 Å². The van der Waals surface area contributed by atoms with Crippen LogP contribution in [0.15, 0.2) is 22.7 Å². The highest BCUT2D eigenvalue weighted by atomic mass is 79.9. The van der Waals surface area contributed by atoms with Gasteiger partial charge in [0.1, 0.15) is 4.47 Å². The van der Waals surface area contributed by atoms with Crippen LogP contribution in [-0.2, 0) is 4.74 Å². The molecular formula is C13H15BrN2O4. The van der Waals surface area contributed by atoms with Crippen molar-refractivity contribution in [1.29, 1.82) is 0 Å². The Labute approximate surface area is 124 Å². The fourth-order valence-electron chi connectivity index (χ4n) is 2.38. The summed E-state index contributed by atoms with van der Waals surface area (Å²) in [6, 6.07) is 4.48. The first-order valence-corrected chi connectivity index (χ1v) is 7.08. The number of rotatable bonds is 4. The average Bonchev–Trinajstić information content (AvgIpc) is 2.86. The maximum Gasteiger partial charge on any atom is 0.284 e. The number of carbonyl (C=O) groups is 1. The zero-order valence-electron chi connectivity index (χ0n) is 11.0. The second-order valence-electron chi connectivity index (χ2n) is 4.74. The summed E-state index contributed by atoms with van der Waals surface area (Å²) < 4.78 is 5.46. The Morgan fingerprint density at radius 3 is 2.85 bits per heavy atom. The van der Waals surface area contributed by atoms with Gasteiger partial charge in [0, 0.05) is 19.2 Å².